The van der Waals surface area contributed by atoms with Gasteiger partial charge in [-0.1, -0.05) is 43.5 Å². The molecule has 1 unspecified atom stereocenters. The molecule has 0 bridgehead atoms. The maximum Gasteiger partial charge on any atom is 0.0294 e. The molecule has 100 valence electrons. The van der Waals surface area contributed by atoms with Crippen LogP contribution in [0.2, 0.25) is 0 Å². The van der Waals surface area contributed by atoms with Crippen LogP contribution in [0.15, 0.2) is 18.2 Å². The predicted octanol–water partition coefficient (Wildman–Crippen LogP) is 4.53. The van der Waals surface area contributed by atoms with E-state index in [1.807, 2.05) is 0 Å². The standard InChI is InChI=1S/C17H27N/c1-13-7-8-16(14(2)11-13)15(3)18-12-17(4)9-5-6-10-17/h7-8,11,15,18H,5-6,9-10,12H2,1-4H3. The van der Waals surface area contributed by atoms with Crippen molar-refractivity contribution in [3.8, 4) is 0 Å². The molecule has 1 aromatic rings. The molecule has 0 radical (unpaired) electrons. The Hall–Kier alpha value is -0.820. The number of aryl methyl sites for hydroxylation is 2. The van der Waals surface area contributed by atoms with Gasteiger partial charge in [-0.15, -0.1) is 0 Å². The lowest BCUT2D eigenvalue weighted by Crippen LogP contribution is -2.31. The minimum Gasteiger partial charge on any atom is -0.310 e. The van der Waals surface area contributed by atoms with Crippen molar-refractivity contribution >= 4 is 0 Å². The minimum absolute atomic E-state index is 0.461. The lowest BCUT2D eigenvalue weighted by Gasteiger charge is -2.27. The van der Waals surface area contributed by atoms with Gasteiger partial charge in [0.1, 0.15) is 0 Å². The van der Waals surface area contributed by atoms with Crippen molar-refractivity contribution in [2.24, 2.45) is 5.41 Å². The van der Waals surface area contributed by atoms with Gasteiger partial charge in [0.2, 0.25) is 0 Å². The van der Waals surface area contributed by atoms with Gasteiger partial charge >= 0.3 is 0 Å². The molecule has 1 aliphatic rings. The second-order valence-electron chi connectivity index (χ2n) is 6.48. The van der Waals surface area contributed by atoms with E-state index in [0.29, 0.717) is 11.5 Å². The summed E-state index contributed by atoms with van der Waals surface area (Å²) in [5, 5.41) is 3.74. The Labute approximate surface area is 112 Å². The maximum atomic E-state index is 3.74. The van der Waals surface area contributed by atoms with Crippen molar-refractivity contribution in [3.63, 3.8) is 0 Å². The first-order chi connectivity index (χ1) is 8.50. The van der Waals surface area contributed by atoms with Gasteiger partial charge < -0.3 is 5.32 Å². The summed E-state index contributed by atoms with van der Waals surface area (Å²) in [5.41, 5.74) is 4.74. The Morgan fingerprint density at radius 2 is 1.89 bits per heavy atom. The Bertz CT molecular complexity index is 402. The third-order valence-electron chi connectivity index (χ3n) is 4.54. The molecular weight excluding hydrogens is 218 g/mol. The molecular formula is C17H27N. The summed E-state index contributed by atoms with van der Waals surface area (Å²) >= 11 is 0. The summed E-state index contributed by atoms with van der Waals surface area (Å²) < 4.78 is 0. The number of hydrogen-bond acceptors (Lipinski definition) is 1. The van der Waals surface area contributed by atoms with E-state index in [1.165, 1.54) is 42.4 Å². The predicted molar refractivity (Wildman–Crippen MR) is 78.9 cm³/mol. The Balaban J connectivity index is 1.97. The molecule has 1 saturated carbocycles. The minimum atomic E-state index is 0.461. The summed E-state index contributed by atoms with van der Waals surface area (Å²) in [7, 11) is 0. The van der Waals surface area contributed by atoms with E-state index < -0.39 is 0 Å². The molecule has 1 heteroatoms. The van der Waals surface area contributed by atoms with Crippen LogP contribution >= 0.6 is 0 Å². The topological polar surface area (TPSA) is 12.0 Å². The van der Waals surface area contributed by atoms with Crippen LogP contribution in [0.1, 0.15) is 62.3 Å². The summed E-state index contributed by atoms with van der Waals surface area (Å²) in [5.74, 6) is 0. The van der Waals surface area contributed by atoms with Crippen LogP contribution in [0, 0.1) is 19.3 Å². The van der Waals surface area contributed by atoms with Crippen LogP contribution in [-0.4, -0.2) is 6.54 Å². The summed E-state index contributed by atoms with van der Waals surface area (Å²) in [4.78, 5) is 0. The molecule has 1 N–H and O–H groups in total. The molecule has 1 fully saturated rings. The van der Waals surface area contributed by atoms with Gasteiger partial charge in [-0.2, -0.15) is 0 Å². The van der Waals surface area contributed by atoms with E-state index in [-0.39, 0.29) is 0 Å². The number of rotatable bonds is 4. The molecule has 0 heterocycles. The van der Waals surface area contributed by atoms with Gasteiger partial charge in [-0.05, 0) is 50.2 Å². The molecule has 0 aliphatic heterocycles. The normalized spacial score (nSPS) is 20.0. The molecule has 0 spiro atoms. The SMILES string of the molecule is Cc1ccc(C(C)NCC2(C)CCCC2)c(C)c1. The number of hydrogen-bond donors (Lipinski definition) is 1. The Morgan fingerprint density at radius 3 is 2.50 bits per heavy atom. The fraction of sp³-hybridized carbons (Fsp3) is 0.647. The molecule has 0 aromatic heterocycles. The second-order valence-corrected chi connectivity index (χ2v) is 6.48. The third kappa shape index (κ3) is 3.14. The zero-order valence-electron chi connectivity index (χ0n) is 12.3. The third-order valence-corrected chi connectivity index (χ3v) is 4.54. The summed E-state index contributed by atoms with van der Waals surface area (Å²) in [6, 6.07) is 7.24. The van der Waals surface area contributed by atoms with Gasteiger partial charge in [-0.25, -0.2) is 0 Å². The smallest absolute Gasteiger partial charge is 0.0294 e. The second kappa shape index (κ2) is 5.44. The number of benzene rings is 1. The fourth-order valence-corrected chi connectivity index (χ4v) is 3.23. The monoisotopic (exact) mass is 245 g/mol. The van der Waals surface area contributed by atoms with Crippen LogP contribution in [0.3, 0.4) is 0 Å². The quantitative estimate of drug-likeness (QED) is 0.821. The molecule has 1 aliphatic carbocycles. The molecule has 0 amide bonds. The number of nitrogens with one attached hydrogen (secondary N) is 1. The van der Waals surface area contributed by atoms with Crippen LogP contribution in [0.4, 0.5) is 0 Å². The van der Waals surface area contributed by atoms with E-state index in [0.717, 1.165) is 6.54 Å². The molecule has 0 saturated heterocycles. The lowest BCUT2D eigenvalue weighted by atomic mass is 9.88. The highest BCUT2D eigenvalue weighted by molar-refractivity contribution is 5.32. The average Bonchev–Trinajstić information content (AvgIpc) is 2.74. The van der Waals surface area contributed by atoms with E-state index in [4.69, 9.17) is 0 Å². The van der Waals surface area contributed by atoms with Crippen molar-refractivity contribution in [2.75, 3.05) is 6.54 Å². The van der Waals surface area contributed by atoms with Gasteiger partial charge in [0.05, 0.1) is 0 Å². The summed E-state index contributed by atoms with van der Waals surface area (Å²) in [6.07, 6.45) is 5.60. The zero-order chi connectivity index (χ0) is 13.2. The van der Waals surface area contributed by atoms with Crippen molar-refractivity contribution in [2.45, 2.75) is 59.4 Å². The largest absolute Gasteiger partial charge is 0.310 e. The van der Waals surface area contributed by atoms with Gasteiger partial charge in [0.25, 0.3) is 0 Å². The molecule has 1 nitrogen and oxygen atoms in total. The van der Waals surface area contributed by atoms with Crippen molar-refractivity contribution in [1.29, 1.82) is 0 Å². The van der Waals surface area contributed by atoms with E-state index in [9.17, 15) is 0 Å². The van der Waals surface area contributed by atoms with Crippen LogP contribution < -0.4 is 5.32 Å². The summed E-state index contributed by atoms with van der Waals surface area (Å²) in [6.45, 7) is 10.3. The van der Waals surface area contributed by atoms with E-state index in [1.54, 1.807) is 0 Å². The Morgan fingerprint density at radius 1 is 1.22 bits per heavy atom. The first-order valence-electron chi connectivity index (χ1n) is 7.31. The highest BCUT2D eigenvalue weighted by Crippen LogP contribution is 2.37. The maximum absolute atomic E-state index is 3.74. The van der Waals surface area contributed by atoms with Crippen LogP contribution in [-0.2, 0) is 0 Å². The van der Waals surface area contributed by atoms with Gasteiger partial charge in [0, 0.05) is 12.6 Å². The first-order valence-corrected chi connectivity index (χ1v) is 7.31. The zero-order valence-corrected chi connectivity index (χ0v) is 12.3. The van der Waals surface area contributed by atoms with Crippen molar-refractivity contribution in [3.05, 3.63) is 34.9 Å². The van der Waals surface area contributed by atoms with E-state index >= 15 is 0 Å². The highest BCUT2D eigenvalue weighted by atomic mass is 14.9. The molecule has 1 aromatic carbocycles. The molecule has 2 rings (SSSR count). The molecule has 1 atom stereocenters. The van der Waals surface area contributed by atoms with Crippen LogP contribution in [0.5, 0.6) is 0 Å². The highest BCUT2D eigenvalue weighted by Gasteiger charge is 2.28. The fourth-order valence-electron chi connectivity index (χ4n) is 3.23. The Kier molecular flexibility index (Phi) is 4.11. The van der Waals surface area contributed by atoms with Crippen molar-refractivity contribution < 1.29 is 0 Å². The van der Waals surface area contributed by atoms with Crippen LogP contribution in [0.25, 0.3) is 0 Å². The first kappa shape index (κ1) is 13.6. The van der Waals surface area contributed by atoms with Gasteiger partial charge in [0.15, 0.2) is 0 Å². The van der Waals surface area contributed by atoms with Crippen molar-refractivity contribution in [1.82, 2.24) is 5.32 Å². The average molecular weight is 245 g/mol. The lowest BCUT2D eigenvalue weighted by molar-refractivity contribution is 0.301. The molecule has 18 heavy (non-hydrogen) atoms. The van der Waals surface area contributed by atoms with Gasteiger partial charge in [-0.3, -0.25) is 0 Å². The van der Waals surface area contributed by atoms with E-state index in [2.05, 4.69) is 51.2 Å².